The highest BCUT2D eigenvalue weighted by atomic mass is 32.2. The van der Waals surface area contributed by atoms with Crippen LogP contribution in [0.25, 0.3) is 0 Å². The second kappa shape index (κ2) is 9.71. The minimum atomic E-state index is -3.14. The van der Waals surface area contributed by atoms with Crippen LogP contribution >= 0.6 is 0 Å². The van der Waals surface area contributed by atoms with Crippen LogP contribution < -0.4 is 10.0 Å². The number of sulfonamides is 1. The van der Waals surface area contributed by atoms with E-state index in [2.05, 4.69) is 35.7 Å². The molecule has 0 aliphatic rings. The summed E-state index contributed by atoms with van der Waals surface area (Å²) in [4.78, 5) is 2.08. The maximum Gasteiger partial charge on any atom is 0.211 e. The van der Waals surface area contributed by atoms with Crippen molar-refractivity contribution in [3.63, 3.8) is 0 Å². The van der Waals surface area contributed by atoms with Gasteiger partial charge in [-0.3, -0.25) is 0 Å². The molecule has 0 heterocycles. The highest BCUT2D eigenvalue weighted by Crippen LogP contribution is 2.14. The Bertz CT molecular complexity index is 340. The van der Waals surface area contributed by atoms with Crippen molar-refractivity contribution >= 4 is 10.0 Å². The Hall–Kier alpha value is -0.170. The van der Waals surface area contributed by atoms with Crippen LogP contribution in [0, 0.1) is 5.41 Å². The number of nitrogens with zero attached hydrogens (tertiary/aromatic N) is 1. The first kappa shape index (κ1) is 19.8. The molecule has 0 aromatic carbocycles. The standard InChI is InChI=1S/C14H33N3O2S/c1-6-9-15-10-7-8-11-20(18,19)16-12-14(2,3)13-17(4)5/h15-16H,6-13H2,1-5H3. The molecule has 0 atom stereocenters. The molecule has 0 unspecified atom stereocenters. The maximum absolute atomic E-state index is 11.9. The van der Waals surface area contributed by atoms with E-state index in [0.717, 1.165) is 32.5 Å². The smallest absolute Gasteiger partial charge is 0.211 e. The maximum atomic E-state index is 11.9. The van der Waals surface area contributed by atoms with Crippen molar-refractivity contribution in [2.24, 2.45) is 5.41 Å². The fourth-order valence-corrected chi connectivity index (χ4v) is 3.47. The molecule has 122 valence electrons. The Morgan fingerprint density at radius 2 is 1.75 bits per heavy atom. The largest absolute Gasteiger partial charge is 0.317 e. The first-order chi connectivity index (χ1) is 9.18. The van der Waals surface area contributed by atoms with E-state index in [1.165, 1.54) is 0 Å². The zero-order valence-electron chi connectivity index (χ0n) is 13.8. The van der Waals surface area contributed by atoms with Gasteiger partial charge in [0.1, 0.15) is 0 Å². The van der Waals surface area contributed by atoms with Crippen LogP contribution in [0.1, 0.15) is 40.0 Å². The highest BCUT2D eigenvalue weighted by Gasteiger charge is 2.21. The summed E-state index contributed by atoms with van der Waals surface area (Å²) in [6.45, 7) is 9.52. The predicted octanol–water partition coefficient (Wildman–Crippen LogP) is 1.27. The molecule has 0 amide bonds. The fraction of sp³-hybridized carbons (Fsp3) is 1.00. The molecular formula is C14H33N3O2S. The third-order valence-electron chi connectivity index (χ3n) is 2.96. The molecule has 0 radical (unpaired) electrons. The molecule has 20 heavy (non-hydrogen) atoms. The molecule has 0 bridgehead atoms. The second-order valence-corrected chi connectivity index (χ2v) is 8.43. The SMILES string of the molecule is CCCNCCCCS(=O)(=O)NCC(C)(C)CN(C)C. The third-order valence-corrected chi connectivity index (χ3v) is 4.37. The van der Waals surface area contributed by atoms with E-state index in [1.54, 1.807) is 0 Å². The van der Waals surface area contributed by atoms with E-state index < -0.39 is 10.0 Å². The lowest BCUT2D eigenvalue weighted by Gasteiger charge is -2.28. The Labute approximate surface area is 125 Å². The first-order valence-electron chi connectivity index (χ1n) is 7.51. The van der Waals surface area contributed by atoms with Gasteiger partial charge >= 0.3 is 0 Å². The van der Waals surface area contributed by atoms with Gasteiger partial charge in [-0.05, 0) is 51.9 Å². The van der Waals surface area contributed by atoms with Crippen LogP contribution in [-0.2, 0) is 10.0 Å². The average Bonchev–Trinajstić information content (AvgIpc) is 2.30. The summed E-state index contributed by atoms with van der Waals surface area (Å²) in [7, 11) is 0.860. The van der Waals surface area contributed by atoms with Crippen LogP contribution in [-0.4, -0.2) is 59.3 Å². The van der Waals surface area contributed by atoms with Gasteiger partial charge in [0.2, 0.25) is 10.0 Å². The molecule has 0 aromatic heterocycles. The molecular weight excluding hydrogens is 274 g/mol. The van der Waals surface area contributed by atoms with Crippen LogP contribution in [0.2, 0.25) is 0 Å². The lowest BCUT2D eigenvalue weighted by atomic mass is 9.93. The molecule has 0 saturated heterocycles. The zero-order valence-corrected chi connectivity index (χ0v) is 14.6. The molecule has 0 fully saturated rings. The van der Waals surface area contributed by atoms with E-state index in [4.69, 9.17) is 0 Å². The van der Waals surface area contributed by atoms with Gasteiger partial charge < -0.3 is 10.2 Å². The Morgan fingerprint density at radius 1 is 1.10 bits per heavy atom. The van der Waals surface area contributed by atoms with Gasteiger partial charge in [0, 0.05) is 13.1 Å². The van der Waals surface area contributed by atoms with Crippen molar-refractivity contribution in [1.29, 1.82) is 0 Å². The molecule has 0 aliphatic heterocycles. The summed E-state index contributed by atoms with van der Waals surface area (Å²) < 4.78 is 26.5. The Morgan fingerprint density at radius 3 is 2.30 bits per heavy atom. The normalized spacial score (nSPS) is 13.1. The molecule has 2 N–H and O–H groups in total. The van der Waals surface area contributed by atoms with Gasteiger partial charge in [-0.15, -0.1) is 0 Å². The third kappa shape index (κ3) is 11.6. The summed E-state index contributed by atoms with van der Waals surface area (Å²) >= 11 is 0. The van der Waals surface area contributed by atoms with E-state index in [1.807, 2.05) is 14.1 Å². The Kier molecular flexibility index (Phi) is 9.63. The molecule has 6 heteroatoms. The fourth-order valence-electron chi connectivity index (χ4n) is 2.13. The van der Waals surface area contributed by atoms with Crippen molar-refractivity contribution in [3.05, 3.63) is 0 Å². The number of unbranched alkanes of at least 4 members (excludes halogenated alkanes) is 1. The quantitative estimate of drug-likeness (QED) is 0.533. The van der Waals surface area contributed by atoms with Crippen molar-refractivity contribution in [1.82, 2.24) is 14.9 Å². The van der Waals surface area contributed by atoms with Gasteiger partial charge in [0.25, 0.3) is 0 Å². The molecule has 0 spiro atoms. The summed E-state index contributed by atoms with van der Waals surface area (Å²) in [6, 6.07) is 0. The lowest BCUT2D eigenvalue weighted by Crippen LogP contribution is -2.40. The first-order valence-corrected chi connectivity index (χ1v) is 9.16. The van der Waals surface area contributed by atoms with Gasteiger partial charge in [-0.1, -0.05) is 20.8 Å². The van der Waals surface area contributed by atoms with Crippen molar-refractivity contribution < 1.29 is 8.42 Å². The van der Waals surface area contributed by atoms with Gasteiger partial charge in [0.15, 0.2) is 0 Å². The van der Waals surface area contributed by atoms with Crippen LogP contribution in [0.5, 0.6) is 0 Å². The van der Waals surface area contributed by atoms with Gasteiger partial charge in [-0.25, -0.2) is 13.1 Å². The van der Waals surface area contributed by atoms with E-state index in [-0.39, 0.29) is 11.2 Å². The number of nitrogens with one attached hydrogen (secondary N) is 2. The number of hydrogen-bond acceptors (Lipinski definition) is 4. The Balaban J connectivity index is 3.90. The molecule has 0 aliphatic carbocycles. The van der Waals surface area contributed by atoms with E-state index in [0.29, 0.717) is 13.0 Å². The molecule has 0 rings (SSSR count). The van der Waals surface area contributed by atoms with E-state index in [9.17, 15) is 8.42 Å². The van der Waals surface area contributed by atoms with E-state index >= 15 is 0 Å². The average molecular weight is 308 g/mol. The molecule has 0 aromatic rings. The van der Waals surface area contributed by atoms with Crippen molar-refractivity contribution in [3.8, 4) is 0 Å². The van der Waals surface area contributed by atoms with Crippen molar-refractivity contribution in [2.75, 3.05) is 46.0 Å². The van der Waals surface area contributed by atoms with Crippen LogP contribution in [0.4, 0.5) is 0 Å². The van der Waals surface area contributed by atoms with Crippen LogP contribution in [0.15, 0.2) is 0 Å². The predicted molar refractivity (Wildman–Crippen MR) is 86.5 cm³/mol. The monoisotopic (exact) mass is 307 g/mol. The minimum Gasteiger partial charge on any atom is -0.317 e. The number of rotatable bonds is 12. The zero-order chi connectivity index (χ0) is 15.6. The molecule has 5 nitrogen and oxygen atoms in total. The summed E-state index contributed by atoms with van der Waals surface area (Å²) in [5.41, 5.74) is -0.0563. The van der Waals surface area contributed by atoms with Gasteiger partial charge in [-0.2, -0.15) is 0 Å². The van der Waals surface area contributed by atoms with Crippen LogP contribution in [0.3, 0.4) is 0 Å². The highest BCUT2D eigenvalue weighted by molar-refractivity contribution is 7.89. The summed E-state index contributed by atoms with van der Waals surface area (Å²) in [5, 5.41) is 3.28. The minimum absolute atomic E-state index is 0.0563. The van der Waals surface area contributed by atoms with Crippen molar-refractivity contribution in [2.45, 2.75) is 40.0 Å². The number of hydrogen-bond donors (Lipinski definition) is 2. The summed E-state index contributed by atoms with van der Waals surface area (Å²) in [5.74, 6) is 0.221. The topological polar surface area (TPSA) is 61.4 Å². The molecule has 0 saturated carbocycles. The lowest BCUT2D eigenvalue weighted by molar-refractivity contribution is 0.242. The second-order valence-electron chi connectivity index (χ2n) is 6.50. The van der Waals surface area contributed by atoms with Gasteiger partial charge in [0.05, 0.1) is 5.75 Å². The summed E-state index contributed by atoms with van der Waals surface area (Å²) in [6.07, 6.45) is 2.73.